The molecule has 0 saturated heterocycles. The molecule has 6 rings (SSSR count). The summed E-state index contributed by atoms with van der Waals surface area (Å²) in [6.07, 6.45) is 3.77. The van der Waals surface area contributed by atoms with Crippen molar-refractivity contribution in [2.75, 3.05) is 59.5 Å². The first-order valence-electron chi connectivity index (χ1n) is 21.8. The molecule has 5 unspecified atom stereocenters. The topological polar surface area (TPSA) is 281 Å². The van der Waals surface area contributed by atoms with E-state index in [0.29, 0.717) is 53.1 Å². The number of H-pyrrole nitrogens is 2. The van der Waals surface area contributed by atoms with Crippen LogP contribution in [0.15, 0.2) is 31.6 Å². The van der Waals surface area contributed by atoms with Gasteiger partial charge in [0.05, 0.1) is 52.0 Å². The highest BCUT2D eigenvalue weighted by Gasteiger charge is 2.67. The summed E-state index contributed by atoms with van der Waals surface area (Å²) in [5, 5.41) is 12.0. The lowest BCUT2D eigenvalue weighted by atomic mass is 9.44. The summed E-state index contributed by atoms with van der Waals surface area (Å²) in [4.78, 5) is 99.3. The van der Waals surface area contributed by atoms with Crippen LogP contribution in [0, 0.1) is 46.1 Å². The predicted molar refractivity (Wildman–Crippen MR) is 218 cm³/mol. The van der Waals surface area contributed by atoms with Crippen LogP contribution in [0.4, 0.5) is 23.2 Å². The normalized spacial score (nSPS) is 27.7. The van der Waals surface area contributed by atoms with Gasteiger partial charge in [0, 0.05) is 5.41 Å². The second kappa shape index (κ2) is 21.9. The molecule has 4 aliphatic rings. The van der Waals surface area contributed by atoms with Crippen LogP contribution in [0.5, 0.6) is 0 Å². The Labute approximate surface area is 375 Å². The minimum Gasteiger partial charge on any atom is -0.432 e. The highest BCUT2D eigenvalue weighted by molar-refractivity contribution is 5.90. The van der Waals surface area contributed by atoms with Crippen LogP contribution in [0.3, 0.4) is 0 Å². The third kappa shape index (κ3) is 11.6. The van der Waals surface area contributed by atoms with Crippen LogP contribution < -0.4 is 22.5 Å². The number of hydrogen-bond acceptors (Lipinski definition) is 18. The molecular formula is C42H56F2N4O18. The van der Waals surface area contributed by atoms with E-state index in [0.717, 1.165) is 25.7 Å². The third-order valence-corrected chi connectivity index (χ3v) is 14.0. The average Bonchev–Trinajstić information content (AvgIpc) is 3.56. The smallest absolute Gasteiger partial charge is 0.432 e. The van der Waals surface area contributed by atoms with Crippen molar-refractivity contribution in [3.8, 4) is 0 Å². The number of aliphatic hydroxyl groups is 1. The van der Waals surface area contributed by atoms with Crippen molar-refractivity contribution in [2.24, 2.45) is 34.5 Å². The number of aromatic nitrogens is 4. The van der Waals surface area contributed by atoms with E-state index in [1.165, 1.54) is 0 Å². The first-order chi connectivity index (χ1) is 31.4. The summed E-state index contributed by atoms with van der Waals surface area (Å²) >= 11 is 0. The molecule has 22 nitrogen and oxygen atoms in total. The maximum absolute atomic E-state index is 13.6. The Bertz CT molecular complexity index is 2300. The molecule has 4 saturated carbocycles. The van der Waals surface area contributed by atoms with Crippen LogP contribution in [0.1, 0.15) is 71.6 Å². The van der Waals surface area contributed by atoms with Crippen molar-refractivity contribution in [1.29, 1.82) is 0 Å². The van der Waals surface area contributed by atoms with Gasteiger partial charge in [-0.1, -0.05) is 13.8 Å². The number of carbonyl (C=O) groups is 4. The predicted octanol–water partition coefficient (Wildman–Crippen LogP) is 2.50. The molecule has 366 valence electrons. The van der Waals surface area contributed by atoms with E-state index in [1.54, 1.807) is 9.97 Å². The molecule has 0 radical (unpaired) electrons. The number of rotatable bonds is 20. The molecule has 2 aromatic heterocycles. The van der Waals surface area contributed by atoms with E-state index < -0.39 is 95.6 Å². The van der Waals surface area contributed by atoms with Crippen molar-refractivity contribution in [3.05, 3.63) is 65.7 Å². The number of carbonyl (C=O) groups excluding carboxylic acids is 4. The highest BCUT2D eigenvalue weighted by atomic mass is 19.1. The zero-order valence-electron chi connectivity index (χ0n) is 36.7. The van der Waals surface area contributed by atoms with Gasteiger partial charge in [-0.25, -0.2) is 24.0 Å². The molecule has 0 aliphatic heterocycles. The van der Waals surface area contributed by atoms with Crippen LogP contribution >= 0.6 is 0 Å². The number of fused-ring (bicyclic) bond motifs is 5. The molecule has 0 spiro atoms. The number of ketones is 1. The lowest BCUT2D eigenvalue weighted by molar-refractivity contribution is -0.175. The molecular weight excluding hydrogens is 886 g/mol. The van der Waals surface area contributed by atoms with E-state index in [-0.39, 0.29) is 82.4 Å². The van der Waals surface area contributed by atoms with Crippen molar-refractivity contribution in [1.82, 2.24) is 19.1 Å². The average molecular weight is 943 g/mol. The fourth-order valence-electron chi connectivity index (χ4n) is 10.6. The van der Waals surface area contributed by atoms with Gasteiger partial charge in [0.1, 0.15) is 24.9 Å². The van der Waals surface area contributed by atoms with Gasteiger partial charge in [-0.15, -0.1) is 0 Å². The summed E-state index contributed by atoms with van der Waals surface area (Å²) in [6, 6.07) is 0. The zero-order valence-corrected chi connectivity index (χ0v) is 36.7. The zero-order chi connectivity index (χ0) is 47.6. The fourth-order valence-corrected chi connectivity index (χ4v) is 10.6. The molecule has 0 amide bonds. The molecule has 2 heterocycles. The second-order valence-electron chi connectivity index (χ2n) is 17.5. The van der Waals surface area contributed by atoms with Gasteiger partial charge in [-0.3, -0.25) is 33.5 Å². The first kappa shape index (κ1) is 50.0. The molecule has 66 heavy (non-hydrogen) atoms. The summed E-state index contributed by atoms with van der Waals surface area (Å²) in [6.45, 7) is 2.77. The molecule has 2 aromatic rings. The van der Waals surface area contributed by atoms with Crippen molar-refractivity contribution >= 4 is 24.2 Å². The van der Waals surface area contributed by atoms with Gasteiger partial charge in [0.15, 0.2) is 20.1 Å². The lowest BCUT2D eigenvalue weighted by Gasteiger charge is -2.61. The molecule has 0 bridgehead atoms. The number of nitrogens with one attached hydrogen (secondary N) is 2. The first-order valence-corrected chi connectivity index (χ1v) is 21.8. The van der Waals surface area contributed by atoms with Crippen molar-refractivity contribution < 1.29 is 75.7 Å². The summed E-state index contributed by atoms with van der Waals surface area (Å²) in [5.74, 6) is -2.02. The van der Waals surface area contributed by atoms with E-state index in [4.69, 9.17) is 37.9 Å². The minimum atomic E-state index is -1.67. The SMILES string of the molecule is CC12CC[C@@H](OC(=O)OCn3cc(F)c(=O)[nH]c3=O)C[C@H]1CCC1C2CCC2(C)C1CC[C@]2(O)C(=O)COC(=O)OCCOCCOCCOCCOC(=O)OCn1cc(F)c(=O)[nH]c1=O. The molecule has 4 fully saturated rings. The second-order valence-corrected chi connectivity index (χ2v) is 17.5. The fraction of sp³-hybridized carbons (Fsp3) is 0.714. The minimum absolute atomic E-state index is 0.00949. The number of Topliss-reactive ketones (excluding diaryl/α,β-unsaturated/α-hetero) is 1. The van der Waals surface area contributed by atoms with E-state index in [9.17, 15) is 52.2 Å². The van der Waals surface area contributed by atoms with Gasteiger partial charge in [0.25, 0.3) is 11.1 Å². The Morgan fingerprint density at radius 1 is 0.652 bits per heavy atom. The largest absolute Gasteiger partial charge is 0.510 e. The Morgan fingerprint density at radius 2 is 1.17 bits per heavy atom. The molecule has 3 N–H and O–H groups in total. The summed E-state index contributed by atoms with van der Waals surface area (Å²) < 4.78 is 74.5. The van der Waals surface area contributed by atoms with Crippen LogP contribution in [0.2, 0.25) is 0 Å². The van der Waals surface area contributed by atoms with E-state index >= 15 is 0 Å². The van der Waals surface area contributed by atoms with Gasteiger partial charge < -0.3 is 47.7 Å². The summed E-state index contributed by atoms with van der Waals surface area (Å²) in [7, 11) is 0. The van der Waals surface area contributed by atoms with Gasteiger partial charge >= 0.3 is 29.8 Å². The van der Waals surface area contributed by atoms with E-state index in [2.05, 4.69) is 11.7 Å². The summed E-state index contributed by atoms with van der Waals surface area (Å²) in [5.41, 5.74) is -6.69. The van der Waals surface area contributed by atoms with Crippen molar-refractivity contribution in [2.45, 2.75) is 96.8 Å². The number of ether oxygens (including phenoxy) is 9. The quantitative estimate of drug-likeness (QED) is 0.0977. The van der Waals surface area contributed by atoms with Crippen LogP contribution in [0.25, 0.3) is 0 Å². The molecule has 8 atom stereocenters. The number of aromatic amines is 2. The third-order valence-electron chi connectivity index (χ3n) is 14.0. The van der Waals surface area contributed by atoms with Gasteiger partial charge in [-0.05, 0) is 86.9 Å². The van der Waals surface area contributed by atoms with Gasteiger partial charge in [-0.2, -0.15) is 8.78 Å². The number of hydrogen-bond donors (Lipinski definition) is 3. The molecule has 4 aliphatic carbocycles. The van der Waals surface area contributed by atoms with Crippen LogP contribution in [-0.4, -0.2) is 120 Å². The lowest BCUT2D eigenvalue weighted by Crippen LogP contribution is -2.59. The maximum atomic E-state index is 13.6. The Kier molecular flexibility index (Phi) is 16.6. The highest BCUT2D eigenvalue weighted by Crippen LogP contribution is 2.68. The van der Waals surface area contributed by atoms with Crippen LogP contribution in [-0.2, 0) is 60.9 Å². The maximum Gasteiger partial charge on any atom is 0.510 e. The van der Waals surface area contributed by atoms with E-state index in [1.807, 2.05) is 6.92 Å². The monoisotopic (exact) mass is 942 g/mol. The Morgan fingerprint density at radius 3 is 1.74 bits per heavy atom. The van der Waals surface area contributed by atoms with Gasteiger partial charge in [0.2, 0.25) is 17.4 Å². The number of halogens is 2. The Balaban J connectivity index is 0.812. The molecule has 0 aromatic carbocycles. The van der Waals surface area contributed by atoms with Crippen molar-refractivity contribution in [3.63, 3.8) is 0 Å². The standard InChI is InChI=1S/C42H56F2N4O18/c1-40-8-5-26(66-39(56)65-24-48-21-31(44)34(51)46-36(48)53)19-25(40)3-4-27-28(40)6-9-41(2)29(27)7-10-42(41,57)32(49)22-63-37(54)61-17-15-59-13-11-58-12-14-60-16-18-62-38(55)64-23-47-20-30(43)33(50)45-35(47)52/h20-21,25-29,57H,3-19,22-24H2,1-2H3,(H,45,50,52)(H,46,51,53)/t25-,26-,27?,28?,29?,40?,41?,42+/m1/s1. The Hall–Kier alpha value is -5.46. The molecule has 24 heteroatoms. The number of nitrogens with zero attached hydrogens (tertiary/aromatic N) is 2.